The summed E-state index contributed by atoms with van der Waals surface area (Å²) in [6.07, 6.45) is 1.86. The standard InChI is InChI=1S/C21H26N4O2S/c1-4-11-24(12-5-2)18(26)14-28-21-23-17-13-15(3)22-19(17)20(27)25(21)16-9-7-6-8-10-16/h6-10,13,22H,4-5,11-12,14H2,1-3H3. The highest BCUT2D eigenvalue weighted by Crippen LogP contribution is 2.22. The molecule has 0 atom stereocenters. The molecule has 2 aromatic heterocycles. The first-order valence-electron chi connectivity index (χ1n) is 9.63. The third-order valence-corrected chi connectivity index (χ3v) is 5.36. The molecule has 0 saturated carbocycles. The van der Waals surface area contributed by atoms with Crippen LogP contribution in [0.2, 0.25) is 0 Å². The molecule has 7 heteroatoms. The summed E-state index contributed by atoms with van der Waals surface area (Å²) in [5.41, 5.74) is 2.58. The molecule has 0 saturated heterocycles. The van der Waals surface area contributed by atoms with E-state index < -0.39 is 0 Å². The Bertz CT molecular complexity index is 1000. The number of nitrogens with zero attached hydrogens (tertiary/aromatic N) is 3. The van der Waals surface area contributed by atoms with Crippen molar-refractivity contribution in [3.8, 4) is 5.69 Å². The number of rotatable bonds is 8. The Labute approximate surface area is 169 Å². The highest BCUT2D eigenvalue weighted by molar-refractivity contribution is 7.99. The van der Waals surface area contributed by atoms with Gasteiger partial charge in [0.1, 0.15) is 5.52 Å². The van der Waals surface area contributed by atoms with E-state index >= 15 is 0 Å². The van der Waals surface area contributed by atoms with Gasteiger partial charge in [-0.05, 0) is 38.0 Å². The van der Waals surface area contributed by atoms with Crippen LogP contribution < -0.4 is 5.56 Å². The molecule has 6 nitrogen and oxygen atoms in total. The SMILES string of the molecule is CCCN(CCC)C(=O)CSc1nc2cc(C)[nH]c2c(=O)n1-c1ccccc1. The van der Waals surface area contributed by atoms with E-state index in [1.165, 1.54) is 11.8 Å². The van der Waals surface area contributed by atoms with Crippen molar-refractivity contribution in [3.05, 3.63) is 52.4 Å². The summed E-state index contributed by atoms with van der Waals surface area (Å²) in [7, 11) is 0. The quantitative estimate of drug-likeness (QED) is 0.463. The van der Waals surface area contributed by atoms with Crippen molar-refractivity contribution in [1.82, 2.24) is 19.4 Å². The Hall–Kier alpha value is -2.54. The highest BCUT2D eigenvalue weighted by Gasteiger charge is 2.18. The van der Waals surface area contributed by atoms with Crippen LogP contribution >= 0.6 is 11.8 Å². The zero-order valence-electron chi connectivity index (χ0n) is 16.6. The first kappa shape index (κ1) is 20.2. The molecule has 28 heavy (non-hydrogen) atoms. The summed E-state index contributed by atoms with van der Waals surface area (Å²) < 4.78 is 1.58. The average molecular weight is 399 g/mol. The predicted octanol–water partition coefficient (Wildman–Crippen LogP) is 3.76. The van der Waals surface area contributed by atoms with E-state index in [1.807, 2.05) is 48.2 Å². The Morgan fingerprint density at radius 3 is 2.50 bits per heavy atom. The summed E-state index contributed by atoms with van der Waals surface area (Å²) >= 11 is 1.32. The van der Waals surface area contributed by atoms with Crippen molar-refractivity contribution in [1.29, 1.82) is 0 Å². The molecule has 3 aromatic rings. The smallest absolute Gasteiger partial charge is 0.283 e. The maximum atomic E-state index is 13.1. The normalized spacial score (nSPS) is 11.1. The number of carbonyl (C=O) groups is 1. The minimum Gasteiger partial charge on any atom is -0.353 e. The number of H-pyrrole nitrogens is 1. The van der Waals surface area contributed by atoms with Crippen LogP contribution in [0.1, 0.15) is 32.4 Å². The van der Waals surface area contributed by atoms with Crippen LogP contribution in [-0.2, 0) is 4.79 Å². The summed E-state index contributed by atoms with van der Waals surface area (Å²) in [4.78, 5) is 35.5. The molecule has 0 bridgehead atoms. The summed E-state index contributed by atoms with van der Waals surface area (Å²) in [6, 6.07) is 11.3. The molecule has 0 aliphatic heterocycles. The van der Waals surface area contributed by atoms with Crippen LogP contribution in [0.5, 0.6) is 0 Å². The number of benzene rings is 1. The van der Waals surface area contributed by atoms with Gasteiger partial charge in [-0.25, -0.2) is 4.98 Å². The number of carbonyl (C=O) groups excluding carboxylic acids is 1. The first-order chi connectivity index (χ1) is 13.5. The lowest BCUT2D eigenvalue weighted by Gasteiger charge is -2.21. The van der Waals surface area contributed by atoms with Crippen molar-refractivity contribution in [2.75, 3.05) is 18.8 Å². The molecule has 0 unspecified atom stereocenters. The summed E-state index contributed by atoms with van der Waals surface area (Å²) in [5, 5.41) is 0.531. The topological polar surface area (TPSA) is 71.0 Å². The number of hydrogen-bond acceptors (Lipinski definition) is 4. The monoisotopic (exact) mass is 398 g/mol. The van der Waals surface area contributed by atoms with Crippen molar-refractivity contribution >= 4 is 28.7 Å². The van der Waals surface area contributed by atoms with E-state index in [0.717, 1.165) is 37.3 Å². The van der Waals surface area contributed by atoms with Gasteiger partial charge in [0.2, 0.25) is 5.91 Å². The van der Waals surface area contributed by atoms with Crippen LogP contribution in [0.4, 0.5) is 0 Å². The zero-order chi connectivity index (χ0) is 20.1. The van der Waals surface area contributed by atoms with Gasteiger partial charge in [0.15, 0.2) is 5.16 Å². The van der Waals surface area contributed by atoms with Crippen LogP contribution in [0, 0.1) is 6.92 Å². The fourth-order valence-electron chi connectivity index (χ4n) is 3.20. The highest BCUT2D eigenvalue weighted by atomic mass is 32.2. The van der Waals surface area contributed by atoms with Crippen molar-refractivity contribution in [2.24, 2.45) is 0 Å². The number of aromatic nitrogens is 3. The number of aryl methyl sites for hydroxylation is 1. The van der Waals surface area contributed by atoms with E-state index in [-0.39, 0.29) is 17.2 Å². The van der Waals surface area contributed by atoms with Crippen LogP contribution in [0.25, 0.3) is 16.7 Å². The van der Waals surface area contributed by atoms with Gasteiger partial charge >= 0.3 is 0 Å². The number of thioether (sulfide) groups is 1. The van der Waals surface area contributed by atoms with Crippen LogP contribution in [-0.4, -0.2) is 44.2 Å². The minimum atomic E-state index is -0.154. The summed E-state index contributed by atoms with van der Waals surface area (Å²) in [6.45, 7) is 7.54. The summed E-state index contributed by atoms with van der Waals surface area (Å²) in [5.74, 6) is 0.335. The number of aromatic amines is 1. The van der Waals surface area contributed by atoms with E-state index in [9.17, 15) is 9.59 Å². The molecule has 2 heterocycles. The van der Waals surface area contributed by atoms with Crippen molar-refractivity contribution < 1.29 is 4.79 Å². The number of nitrogens with one attached hydrogen (secondary N) is 1. The fourth-order valence-corrected chi connectivity index (χ4v) is 4.11. The Morgan fingerprint density at radius 1 is 1.18 bits per heavy atom. The van der Waals surface area contributed by atoms with Gasteiger partial charge in [-0.1, -0.05) is 43.8 Å². The maximum Gasteiger partial charge on any atom is 0.283 e. The van der Waals surface area contributed by atoms with Crippen LogP contribution in [0.15, 0.2) is 46.3 Å². The molecule has 1 amide bonds. The van der Waals surface area contributed by atoms with E-state index in [0.29, 0.717) is 16.2 Å². The number of amides is 1. The molecule has 0 spiro atoms. The van der Waals surface area contributed by atoms with Crippen LogP contribution in [0.3, 0.4) is 0 Å². The third kappa shape index (κ3) is 4.30. The molecule has 148 valence electrons. The lowest BCUT2D eigenvalue weighted by Crippen LogP contribution is -2.34. The molecule has 0 aliphatic carbocycles. The van der Waals surface area contributed by atoms with Gasteiger partial charge in [0.05, 0.1) is 17.0 Å². The minimum absolute atomic E-state index is 0.0768. The van der Waals surface area contributed by atoms with Gasteiger partial charge in [-0.2, -0.15) is 0 Å². The zero-order valence-corrected chi connectivity index (χ0v) is 17.4. The molecule has 0 aliphatic rings. The molecular formula is C21H26N4O2S. The molecule has 1 N–H and O–H groups in total. The lowest BCUT2D eigenvalue weighted by molar-refractivity contribution is -0.128. The second-order valence-corrected chi connectivity index (χ2v) is 7.70. The van der Waals surface area contributed by atoms with Crippen molar-refractivity contribution in [2.45, 2.75) is 38.8 Å². The van der Waals surface area contributed by atoms with Gasteiger partial charge in [0, 0.05) is 18.8 Å². The number of fused-ring (bicyclic) bond motifs is 1. The lowest BCUT2D eigenvalue weighted by atomic mass is 10.3. The predicted molar refractivity (Wildman–Crippen MR) is 114 cm³/mol. The largest absolute Gasteiger partial charge is 0.353 e. The Kier molecular flexibility index (Phi) is 6.57. The molecule has 0 radical (unpaired) electrons. The van der Waals surface area contributed by atoms with Gasteiger partial charge in [-0.3, -0.25) is 14.2 Å². The number of hydrogen-bond donors (Lipinski definition) is 1. The Morgan fingerprint density at radius 2 is 1.86 bits per heavy atom. The molecular weight excluding hydrogens is 372 g/mol. The Balaban J connectivity index is 1.97. The first-order valence-corrected chi connectivity index (χ1v) is 10.6. The van der Waals surface area contributed by atoms with E-state index in [1.54, 1.807) is 4.57 Å². The molecule has 1 aromatic carbocycles. The second-order valence-electron chi connectivity index (χ2n) is 6.75. The maximum absolute atomic E-state index is 13.1. The average Bonchev–Trinajstić information content (AvgIpc) is 3.07. The molecule has 3 rings (SSSR count). The van der Waals surface area contributed by atoms with Gasteiger partial charge in [-0.15, -0.1) is 0 Å². The molecule has 0 fully saturated rings. The second kappa shape index (κ2) is 9.10. The fraction of sp³-hybridized carbons (Fsp3) is 0.381. The number of para-hydroxylation sites is 1. The van der Waals surface area contributed by atoms with Gasteiger partial charge < -0.3 is 9.88 Å². The van der Waals surface area contributed by atoms with E-state index in [4.69, 9.17) is 0 Å². The van der Waals surface area contributed by atoms with Gasteiger partial charge in [0.25, 0.3) is 5.56 Å². The van der Waals surface area contributed by atoms with E-state index in [2.05, 4.69) is 23.8 Å². The van der Waals surface area contributed by atoms with Crippen molar-refractivity contribution in [3.63, 3.8) is 0 Å². The third-order valence-electron chi connectivity index (χ3n) is 4.43.